The Morgan fingerprint density at radius 2 is 1.73 bits per heavy atom. The Kier molecular flexibility index (Phi) is 5.11. The van der Waals surface area contributed by atoms with E-state index in [1.54, 1.807) is 0 Å². The second kappa shape index (κ2) is 6.86. The highest BCUT2D eigenvalue weighted by atomic mass is 35.5. The number of hydrogen-bond donors (Lipinski definition) is 2. The van der Waals surface area contributed by atoms with E-state index in [4.69, 9.17) is 5.73 Å². The number of aromatic amines is 1. The minimum atomic E-state index is 0. The molecule has 3 nitrogen and oxygen atoms in total. The lowest BCUT2D eigenvalue weighted by Gasteiger charge is -2.17. The maximum atomic E-state index is 6.06. The van der Waals surface area contributed by atoms with Gasteiger partial charge in [0.25, 0.3) is 0 Å². The van der Waals surface area contributed by atoms with E-state index in [1.165, 1.54) is 22.2 Å². The summed E-state index contributed by atoms with van der Waals surface area (Å²) in [7, 11) is 4.10. The summed E-state index contributed by atoms with van der Waals surface area (Å²) < 4.78 is 0. The number of nitrogens with zero attached hydrogens (tertiary/aromatic N) is 1. The van der Waals surface area contributed by atoms with Crippen molar-refractivity contribution in [1.82, 2.24) is 4.98 Å². The fraction of sp³-hybridized carbons (Fsp3) is 0.222. The SMILES string of the molecule is CN(C)c1ccc(C(CN)c2c[nH]c3ccccc23)cc1.Cl. The zero-order chi connectivity index (χ0) is 14.8. The number of H-pyrrole nitrogens is 1. The molecule has 0 radical (unpaired) electrons. The first-order valence-corrected chi connectivity index (χ1v) is 7.24. The first kappa shape index (κ1) is 16.4. The van der Waals surface area contributed by atoms with Crippen molar-refractivity contribution in [3.8, 4) is 0 Å². The van der Waals surface area contributed by atoms with Crippen molar-refractivity contribution in [2.24, 2.45) is 5.73 Å². The molecule has 0 aliphatic carbocycles. The number of benzene rings is 2. The predicted molar refractivity (Wildman–Crippen MR) is 97.2 cm³/mol. The Morgan fingerprint density at radius 1 is 1.05 bits per heavy atom. The minimum Gasteiger partial charge on any atom is -0.378 e. The van der Waals surface area contributed by atoms with Gasteiger partial charge in [0.05, 0.1) is 0 Å². The maximum Gasteiger partial charge on any atom is 0.0457 e. The van der Waals surface area contributed by atoms with E-state index >= 15 is 0 Å². The van der Waals surface area contributed by atoms with Crippen LogP contribution < -0.4 is 10.6 Å². The van der Waals surface area contributed by atoms with Crippen molar-refractivity contribution in [3.63, 3.8) is 0 Å². The number of fused-ring (bicyclic) bond motifs is 1. The van der Waals surface area contributed by atoms with E-state index < -0.39 is 0 Å². The van der Waals surface area contributed by atoms with Gasteiger partial charge >= 0.3 is 0 Å². The van der Waals surface area contributed by atoms with E-state index in [-0.39, 0.29) is 18.3 Å². The molecule has 3 rings (SSSR count). The molecule has 1 unspecified atom stereocenters. The summed E-state index contributed by atoms with van der Waals surface area (Å²) in [6, 6.07) is 17.0. The van der Waals surface area contributed by atoms with Crippen LogP contribution in [0.3, 0.4) is 0 Å². The molecule has 2 aromatic carbocycles. The normalized spacial score (nSPS) is 12.0. The number of aromatic nitrogens is 1. The topological polar surface area (TPSA) is 45.0 Å². The van der Waals surface area contributed by atoms with Gasteiger partial charge in [0.2, 0.25) is 0 Å². The smallest absolute Gasteiger partial charge is 0.0457 e. The Labute approximate surface area is 137 Å². The third kappa shape index (κ3) is 2.96. The van der Waals surface area contributed by atoms with E-state index in [2.05, 4.69) is 72.6 Å². The summed E-state index contributed by atoms with van der Waals surface area (Å²) in [5, 5.41) is 1.25. The van der Waals surface area contributed by atoms with Gasteiger partial charge in [0.1, 0.15) is 0 Å². The summed E-state index contributed by atoms with van der Waals surface area (Å²) in [6.07, 6.45) is 2.09. The van der Waals surface area contributed by atoms with Crippen LogP contribution in [0.15, 0.2) is 54.7 Å². The molecule has 0 aliphatic heterocycles. The van der Waals surface area contributed by atoms with Crippen LogP contribution in [0, 0.1) is 0 Å². The van der Waals surface area contributed by atoms with Crippen LogP contribution in [0.1, 0.15) is 17.0 Å². The second-order valence-electron chi connectivity index (χ2n) is 5.56. The minimum absolute atomic E-state index is 0. The fourth-order valence-electron chi connectivity index (χ4n) is 2.83. The van der Waals surface area contributed by atoms with E-state index in [0.717, 1.165) is 5.52 Å². The number of nitrogens with one attached hydrogen (secondary N) is 1. The zero-order valence-corrected chi connectivity index (χ0v) is 13.7. The van der Waals surface area contributed by atoms with Gasteiger partial charge in [0.15, 0.2) is 0 Å². The van der Waals surface area contributed by atoms with Crippen molar-refractivity contribution in [1.29, 1.82) is 0 Å². The second-order valence-corrected chi connectivity index (χ2v) is 5.56. The third-order valence-corrected chi connectivity index (χ3v) is 4.04. The van der Waals surface area contributed by atoms with E-state index in [1.807, 2.05) is 6.07 Å². The lowest BCUT2D eigenvalue weighted by molar-refractivity contribution is 0.825. The molecule has 22 heavy (non-hydrogen) atoms. The van der Waals surface area contributed by atoms with E-state index in [9.17, 15) is 0 Å². The highest BCUT2D eigenvalue weighted by Gasteiger charge is 2.16. The average Bonchev–Trinajstić information content (AvgIpc) is 2.93. The molecule has 1 aromatic heterocycles. The standard InChI is InChI=1S/C18H21N3.ClH/c1-21(2)14-9-7-13(8-10-14)16(11-19)17-12-20-18-6-4-3-5-15(17)18;/h3-10,12,16,20H,11,19H2,1-2H3;1H. The third-order valence-electron chi connectivity index (χ3n) is 4.04. The Hall–Kier alpha value is -1.97. The van der Waals surface area contributed by atoms with Crippen molar-refractivity contribution in [2.75, 3.05) is 25.5 Å². The van der Waals surface area contributed by atoms with E-state index in [0.29, 0.717) is 6.54 Å². The lowest BCUT2D eigenvalue weighted by atomic mass is 9.91. The number of para-hydroxylation sites is 1. The molecule has 0 amide bonds. The van der Waals surface area contributed by atoms with Gasteiger partial charge in [-0.1, -0.05) is 30.3 Å². The van der Waals surface area contributed by atoms with Crippen molar-refractivity contribution in [2.45, 2.75) is 5.92 Å². The van der Waals surface area contributed by atoms with Crippen molar-refractivity contribution < 1.29 is 0 Å². The monoisotopic (exact) mass is 315 g/mol. The van der Waals surface area contributed by atoms with Gasteiger partial charge in [-0.15, -0.1) is 12.4 Å². The average molecular weight is 316 g/mol. The fourth-order valence-corrected chi connectivity index (χ4v) is 2.83. The maximum absolute atomic E-state index is 6.06. The van der Waals surface area contributed by atoms with Gasteiger partial charge in [-0.2, -0.15) is 0 Å². The summed E-state index contributed by atoms with van der Waals surface area (Å²) >= 11 is 0. The molecule has 3 N–H and O–H groups in total. The van der Waals surface area contributed by atoms with Crippen LogP contribution in [-0.4, -0.2) is 25.6 Å². The number of anilines is 1. The molecule has 0 spiro atoms. The molecular formula is C18H22ClN3. The van der Waals surface area contributed by atoms with Crippen LogP contribution in [0.25, 0.3) is 10.9 Å². The van der Waals surface area contributed by atoms with Gasteiger partial charge in [-0.3, -0.25) is 0 Å². The molecule has 1 heterocycles. The first-order chi connectivity index (χ1) is 10.2. The molecule has 3 aromatic rings. The molecule has 0 saturated carbocycles. The van der Waals surface area contributed by atoms with Crippen LogP contribution >= 0.6 is 12.4 Å². The molecule has 0 fully saturated rings. The molecule has 0 saturated heterocycles. The molecule has 4 heteroatoms. The molecule has 0 aliphatic rings. The quantitative estimate of drug-likeness (QED) is 0.770. The van der Waals surface area contributed by atoms with Crippen molar-refractivity contribution in [3.05, 3.63) is 65.9 Å². The number of hydrogen-bond acceptors (Lipinski definition) is 2. The number of halogens is 1. The predicted octanol–water partition coefficient (Wildman–Crippen LogP) is 3.75. The Bertz CT molecular complexity index is 731. The number of rotatable bonds is 4. The molecule has 1 atom stereocenters. The highest BCUT2D eigenvalue weighted by molar-refractivity contribution is 5.85. The van der Waals surface area contributed by atoms with Crippen molar-refractivity contribution >= 4 is 29.0 Å². The summed E-state index contributed by atoms with van der Waals surface area (Å²) in [4.78, 5) is 5.44. The molecule has 116 valence electrons. The van der Waals surface area contributed by atoms with Crippen LogP contribution in [0.4, 0.5) is 5.69 Å². The van der Waals surface area contributed by atoms with Gasteiger partial charge in [-0.05, 0) is 29.3 Å². The van der Waals surface area contributed by atoms with Crippen LogP contribution in [-0.2, 0) is 0 Å². The summed E-state index contributed by atoms with van der Waals surface area (Å²) in [6.45, 7) is 0.600. The zero-order valence-electron chi connectivity index (χ0n) is 12.9. The number of nitrogens with two attached hydrogens (primary N) is 1. The summed E-state index contributed by atoms with van der Waals surface area (Å²) in [5.74, 6) is 0.220. The van der Waals surface area contributed by atoms with Gasteiger partial charge in [-0.25, -0.2) is 0 Å². The lowest BCUT2D eigenvalue weighted by Crippen LogP contribution is -2.14. The van der Waals surface area contributed by atoms with Crippen LogP contribution in [0.2, 0.25) is 0 Å². The highest BCUT2D eigenvalue weighted by Crippen LogP contribution is 2.30. The van der Waals surface area contributed by atoms with Gasteiger partial charge < -0.3 is 15.6 Å². The Morgan fingerprint density at radius 3 is 2.36 bits per heavy atom. The Balaban J connectivity index is 0.00000176. The summed E-state index contributed by atoms with van der Waals surface area (Å²) in [5.41, 5.74) is 11.0. The molecular weight excluding hydrogens is 294 g/mol. The van der Waals surface area contributed by atoms with Crippen LogP contribution in [0.5, 0.6) is 0 Å². The van der Waals surface area contributed by atoms with Gasteiger partial charge in [0, 0.05) is 49.3 Å². The molecule has 0 bridgehead atoms. The largest absolute Gasteiger partial charge is 0.378 e. The first-order valence-electron chi connectivity index (χ1n) is 7.24.